The van der Waals surface area contributed by atoms with E-state index >= 15 is 0 Å². The maximum Gasteiger partial charge on any atom is 0.137 e. The first-order chi connectivity index (χ1) is 9.81. The molecule has 0 amide bonds. The van der Waals surface area contributed by atoms with Gasteiger partial charge in [-0.05, 0) is 62.1 Å². The molecule has 2 bridgehead atoms. The summed E-state index contributed by atoms with van der Waals surface area (Å²) in [6, 6.07) is 2.62. The molecule has 0 aliphatic heterocycles. The predicted molar refractivity (Wildman–Crippen MR) is 80.8 cm³/mol. The normalized spacial score (nSPS) is 29.6. The molecular weight excluding hydrogens is 248 g/mol. The molecule has 4 atom stereocenters. The van der Waals surface area contributed by atoms with Crippen LogP contribution in [0.3, 0.4) is 0 Å². The molecule has 3 nitrogen and oxygen atoms in total. The number of rotatable bonds is 6. The summed E-state index contributed by atoms with van der Waals surface area (Å²) < 4.78 is 5.61. The summed E-state index contributed by atoms with van der Waals surface area (Å²) >= 11 is 0. The monoisotopic (exact) mass is 274 g/mol. The van der Waals surface area contributed by atoms with Gasteiger partial charge in [0.15, 0.2) is 0 Å². The molecule has 2 aliphatic rings. The zero-order valence-electron chi connectivity index (χ0n) is 12.6. The molecule has 3 heteroatoms. The number of fused-ring (bicyclic) bond motifs is 2. The van der Waals surface area contributed by atoms with Gasteiger partial charge in [0.05, 0.1) is 12.8 Å². The van der Waals surface area contributed by atoms with Gasteiger partial charge in [0.25, 0.3) is 0 Å². The second-order valence-electron chi connectivity index (χ2n) is 6.26. The zero-order chi connectivity index (χ0) is 13.9. The summed E-state index contributed by atoms with van der Waals surface area (Å²) in [5.41, 5.74) is 1.30. The molecular formula is C17H26N2O. The van der Waals surface area contributed by atoms with Gasteiger partial charge in [-0.3, -0.25) is 4.98 Å². The van der Waals surface area contributed by atoms with Crippen LogP contribution < -0.4 is 10.1 Å². The summed E-state index contributed by atoms with van der Waals surface area (Å²) in [7, 11) is 0. The van der Waals surface area contributed by atoms with Crippen LogP contribution in [0.15, 0.2) is 18.5 Å². The van der Waals surface area contributed by atoms with E-state index in [-0.39, 0.29) is 0 Å². The van der Waals surface area contributed by atoms with Crippen LogP contribution in [-0.4, -0.2) is 18.1 Å². The lowest BCUT2D eigenvalue weighted by Gasteiger charge is -2.31. The van der Waals surface area contributed by atoms with Gasteiger partial charge < -0.3 is 10.1 Å². The summed E-state index contributed by atoms with van der Waals surface area (Å²) in [5.74, 6) is 3.58. The second kappa shape index (κ2) is 6.13. The quantitative estimate of drug-likeness (QED) is 0.861. The van der Waals surface area contributed by atoms with Crippen molar-refractivity contribution in [3.05, 3.63) is 24.0 Å². The van der Waals surface area contributed by atoms with Crippen molar-refractivity contribution in [2.75, 3.05) is 13.2 Å². The molecule has 0 aromatic carbocycles. The van der Waals surface area contributed by atoms with Crippen LogP contribution in [-0.2, 0) is 0 Å². The minimum Gasteiger partial charge on any atom is -0.492 e. The smallest absolute Gasteiger partial charge is 0.137 e. The first-order valence-electron chi connectivity index (χ1n) is 8.13. The third-order valence-corrected chi connectivity index (χ3v) is 5.05. The molecule has 0 saturated heterocycles. The first kappa shape index (κ1) is 13.9. The number of hydrogen-bond donors (Lipinski definition) is 1. The molecule has 2 aliphatic carbocycles. The Morgan fingerprint density at radius 3 is 2.85 bits per heavy atom. The molecule has 3 rings (SSSR count). The Kier molecular flexibility index (Phi) is 4.25. The second-order valence-corrected chi connectivity index (χ2v) is 6.26. The molecule has 1 heterocycles. The minimum atomic E-state index is 0.447. The Labute approximate surface area is 122 Å². The van der Waals surface area contributed by atoms with Crippen molar-refractivity contribution in [2.45, 2.75) is 45.6 Å². The molecule has 2 saturated carbocycles. The molecule has 0 radical (unpaired) electrons. The van der Waals surface area contributed by atoms with Crippen molar-refractivity contribution in [2.24, 2.45) is 17.8 Å². The van der Waals surface area contributed by atoms with E-state index in [4.69, 9.17) is 4.74 Å². The highest BCUT2D eigenvalue weighted by atomic mass is 16.5. The predicted octanol–water partition coefficient (Wildman–Crippen LogP) is 3.57. The lowest BCUT2D eigenvalue weighted by atomic mass is 9.81. The Morgan fingerprint density at radius 2 is 2.20 bits per heavy atom. The maximum atomic E-state index is 5.61. The fourth-order valence-corrected chi connectivity index (χ4v) is 4.29. The first-order valence-corrected chi connectivity index (χ1v) is 8.13. The summed E-state index contributed by atoms with van der Waals surface area (Å²) in [4.78, 5) is 4.37. The standard InChI is InChI=1S/C17H26N2O/c1-3-19-17(16-8-12-5-6-13(16)7-12)14-9-15(20-4-2)11-18-10-14/h9-13,16-17,19H,3-8H2,1-2H3. The van der Waals surface area contributed by atoms with Crippen LogP contribution in [0.1, 0.15) is 51.1 Å². The molecule has 0 spiro atoms. The maximum absolute atomic E-state index is 5.61. The molecule has 4 unspecified atom stereocenters. The van der Waals surface area contributed by atoms with Gasteiger partial charge in [-0.1, -0.05) is 13.3 Å². The molecule has 1 aromatic rings. The fraction of sp³-hybridized carbons (Fsp3) is 0.706. The molecule has 2 fully saturated rings. The van der Waals surface area contributed by atoms with E-state index in [9.17, 15) is 0 Å². The largest absolute Gasteiger partial charge is 0.492 e. The SMILES string of the molecule is CCNC(c1cncc(OCC)c1)C1CC2CCC1C2. The Bertz CT molecular complexity index is 448. The van der Waals surface area contributed by atoms with Gasteiger partial charge in [0.1, 0.15) is 5.75 Å². The topological polar surface area (TPSA) is 34.2 Å². The van der Waals surface area contributed by atoms with Gasteiger partial charge in [0.2, 0.25) is 0 Å². The summed E-state index contributed by atoms with van der Waals surface area (Å²) in [6.07, 6.45) is 9.55. The van der Waals surface area contributed by atoms with Gasteiger partial charge in [0, 0.05) is 12.2 Å². The highest BCUT2D eigenvalue weighted by Gasteiger charge is 2.43. The third-order valence-electron chi connectivity index (χ3n) is 5.05. The van der Waals surface area contributed by atoms with Gasteiger partial charge in [-0.2, -0.15) is 0 Å². The molecule has 110 valence electrons. The van der Waals surface area contributed by atoms with Crippen LogP contribution in [0.5, 0.6) is 5.75 Å². The third kappa shape index (κ3) is 2.69. The van der Waals surface area contributed by atoms with E-state index < -0.39 is 0 Å². The van der Waals surface area contributed by atoms with E-state index in [0.717, 1.165) is 30.0 Å². The number of hydrogen-bond acceptors (Lipinski definition) is 3. The average Bonchev–Trinajstić information content (AvgIpc) is 3.08. The van der Waals surface area contributed by atoms with Crippen molar-refractivity contribution in [3.8, 4) is 5.75 Å². The zero-order valence-corrected chi connectivity index (χ0v) is 12.6. The highest BCUT2D eigenvalue weighted by Crippen LogP contribution is 2.52. The van der Waals surface area contributed by atoms with Gasteiger partial charge >= 0.3 is 0 Å². The highest BCUT2D eigenvalue weighted by molar-refractivity contribution is 5.27. The van der Waals surface area contributed by atoms with E-state index in [2.05, 4.69) is 23.3 Å². The lowest BCUT2D eigenvalue weighted by molar-refractivity contribution is 0.252. The van der Waals surface area contributed by atoms with Crippen molar-refractivity contribution in [1.82, 2.24) is 10.3 Å². The minimum absolute atomic E-state index is 0.447. The van der Waals surface area contributed by atoms with Crippen LogP contribution in [0.4, 0.5) is 0 Å². The van der Waals surface area contributed by atoms with Gasteiger partial charge in [-0.25, -0.2) is 0 Å². The Hall–Kier alpha value is -1.09. The van der Waals surface area contributed by atoms with E-state index in [0.29, 0.717) is 12.6 Å². The van der Waals surface area contributed by atoms with E-state index in [1.54, 1.807) is 0 Å². The van der Waals surface area contributed by atoms with Crippen LogP contribution in [0.2, 0.25) is 0 Å². The average molecular weight is 274 g/mol. The number of ether oxygens (including phenoxy) is 1. The molecule has 1 N–H and O–H groups in total. The molecule has 1 aromatic heterocycles. The van der Waals surface area contributed by atoms with Gasteiger partial charge in [-0.15, -0.1) is 0 Å². The fourth-order valence-electron chi connectivity index (χ4n) is 4.29. The molecule has 20 heavy (non-hydrogen) atoms. The summed E-state index contributed by atoms with van der Waals surface area (Å²) in [5, 5.41) is 3.70. The van der Waals surface area contributed by atoms with Crippen molar-refractivity contribution in [1.29, 1.82) is 0 Å². The number of nitrogens with zero attached hydrogens (tertiary/aromatic N) is 1. The number of nitrogens with one attached hydrogen (secondary N) is 1. The Morgan fingerprint density at radius 1 is 1.30 bits per heavy atom. The Balaban J connectivity index is 1.81. The number of aromatic nitrogens is 1. The summed E-state index contributed by atoms with van der Waals surface area (Å²) in [6.45, 7) is 5.92. The van der Waals surface area contributed by atoms with Crippen LogP contribution in [0.25, 0.3) is 0 Å². The van der Waals surface area contributed by atoms with Crippen LogP contribution >= 0.6 is 0 Å². The lowest BCUT2D eigenvalue weighted by Crippen LogP contribution is -2.31. The van der Waals surface area contributed by atoms with E-state index in [1.165, 1.54) is 31.2 Å². The van der Waals surface area contributed by atoms with E-state index in [1.807, 2.05) is 19.3 Å². The van der Waals surface area contributed by atoms with Crippen molar-refractivity contribution in [3.63, 3.8) is 0 Å². The van der Waals surface area contributed by atoms with Crippen molar-refractivity contribution >= 4 is 0 Å². The number of pyridine rings is 1. The van der Waals surface area contributed by atoms with Crippen molar-refractivity contribution < 1.29 is 4.74 Å². The van der Waals surface area contributed by atoms with Crippen LogP contribution in [0, 0.1) is 17.8 Å².